The molecule has 1 saturated carbocycles. The molecule has 3 N–H and O–H groups in total. The van der Waals surface area contributed by atoms with E-state index in [4.69, 9.17) is 5.73 Å². The van der Waals surface area contributed by atoms with E-state index in [-0.39, 0.29) is 18.5 Å². The third-order valence-corrected chi connectivity index (χ3v) is 6.10. The Morgan fingerprint density at radius 3 is 2.67 bits per heavy atom. The highest BCUT2D eigenvalue weighted by molar-refractivity contribution is 5.98. The Bertz CT molecular complexity index is 1160. The number of nitrogens with two attached hydrogens (primary N) is 1. The molecule has 0 radical (unpaired) electrons. The topological polar surface area (TPSA) is 92.3 Å². The van der Waals surface area contributed by atoms with Gasteiger partial charge in [0.1, 0.15) is 5.82 Å². The van der Waals surface area contributed by atoms with Crippen molar-refractivity contribution in [2.75, 3.05) is 5.73 Å². The monoisotopic (exact) mass is 458 g/mol. The molecule has 0 bridgehead atoms. The summed E-state index contributed by atoms with van der Waals surface area (Å²) < 4.78 is 38.7. The third-order valence-electron chi connectivity index (χ3n) is 6.10. The molecule has 0 aliphatic heterocycles. The number of amides is 1. The SMILES string of the molecule is Cc1cc2cc(C(=O)N(Cc3ccc(C(F)(F)F)cn3)[C@@H]3CCC[C@@H](O)C3)ccc2nc1N. The van der Waals surface area contributed by atoms with Crippen LogP contribution < -0.4 is 5.73 Å². The van der Waals surface area contributed by atoms with E-state index in [0.29, 0.717) is 41.9 Å². The van der Waals surface area contributed by atoms with Gasteiger partial charge in [-0.1, -0.05) is 0 Å². The zero-order valence-corrected chi connectivity index (χ0v) is 18.1. The van der Waals surface area contributed by atoms with Gasteiger partial charge in [-0.25, -0.2) is 4.98 Å². The van der Waals surface area contributed by atoms with E-state index in [1.807, 2.05) is 13.0 Å². The number of aliphatic hydroxyl groups excluding tert-OH is 1. The summed E-state index contributed by atoms with van der Waals surface area (Å²) in [6.07, 6.45) is -1.68. The summed E-state index contributed by atoms with van der Waals surface area (Å²) in [6, 6.07) is 9.01. The van der Waals surface area contributed by atoms with E-state index >= 15 is 0 Å². The summed E-state index contributed by atoms with van der Waals surface area (Å²) in [5.41, 5.74) is 7.28. The van der Waals surface area contributed by atoms with E-state index in [9.17, 15) is 23.1 Å². The van der Waals surface area contributed by atoms with Crippen LogP contribution in [0.1, 0.15) is 52.9 Å². The van der Waals surface area contributed by atoms with Crippen molar-refractivity contribution >= 4 is 22.6 Å². The van der Waals surface area contributed by atoms with Gasteiger partial charge in [-0.15, -0.1) is 0 Å². The minimum absolute atomic E-state index is 0.0470. The average molecular weight is 458 g/mol. The molecule has 4 rings (SSSR count). The number of aromatic nitrogens is 2. The zero-order chi connectivity index (χ0) is 23.8. The van der Waals surface area contributed by atoms with Crippen molar-refractivity contribution in [3.05, 3.63) is 65.0 Å². The number of aryl methyl sites for hydroxylation is 1. The van der Waals surface area contributed by atoms with Gasteiger partial charge in [-0.2, -0.15) is 13.2 Å². The second kappa shape index (κ2) is 8.97. The van der Waals surface area contributed by atoms with Crippen LogP contribution in [-0.4, -0.2) is 38.0 Å². The van der Waals surface area contributed by atoms with Gasteiger partial charge in [-0.3, -0.25) is 9.78 Å². The molecule has 1 aliphatic carbocycles. The molecule has 9 heteroatoms. The first-order valence-electron chi connectivity index (χ1n) is 10.8. The Kier molecular flexibility index (Phi) is 6.25. The van der Waals surface area contributed by atoms with Gasteiger partial charge in [-0.05, 0) is 74.6 Å². The summed E-state index contributed by atoms with van der Waals surface area (Å²) in [5, 5.41) is 10.9. The van der Waals surface area contributed by atoms with Gasteiger partial charge >= 0.3 is 6.18 Å². The second-order valence-electron chi connectivity index (χ2n) is 8.54. The molecule has 174 valence electrons. The molecule has 6 nitrogen and oxygen atoms in total. The predicted molar refractivity (Wildman–Crippen MR) is 118 cm³/mol. The van der Waals surface area contributed by atoms with Crippen molar-refractivity contribution in [1.29, 1.82) is 0 Å². The minimum atomic E-state index is -4.48. The van der Waals surface area contributed by atoms with Gasteiger partial charge in [0, 0.05) is 23.2 Å². The first kappa shape index (κ1) is 23.0. The van der Waals surface area contributed by atoms with Crippen LogP contribution in [0.25, 0.3) is 10.9 Å². The quantitative estimate of drug-likeness (QED) is 0.601. The van der Waals surface area contributed by atoms with Gasteiger partial charge in [0.25, 0.3) is 5.91 Å². The van der Waals surface area contributed by atoms with Gasteiger partial charge < -0.3 is 15.7 Å². The number of halogens is 3. The van der Waals surface area contributed by atoms with Crippen LogP contribution in [0.3, 0.4) is 0 Å². The lowest BCUT2D eigenvalue weighted by Crippen LogP contribution is -2.43. The van der Waals surface area contributed by atoms with E-state index in [1.165, 1.54) is 6.07 Å². The number of nitrogen functional groups attached to an aromatic ring is 1. The maximum Gasteiger partial charge on any atom is 0.417 e. The number of hydrogen-bond acceptors (Lipinski definition) is 5. The van der Waals surface area contributed by atoms with Crippen molar-refractivity contribution < 1.29 is 23.1 Å². The van der Waals surface area contributed by atoms with Crippen LogP contribution in [0.15, 0.2) is 42.6 Å². The highest BCUT2D eigenvalue weighted by Gasteiger charge is 2.32. The number of carbonyl (C=O) groups is 1. The molecule has 1 amide bonds. The first-order chi connectivity index (χ1) is 15.6. The fourth-order valence-electron chi connectivity index (χ4n) is 4.24. The smallest absolute Gasteiger partial charge is 0.393 e. The lowest BCUT2D eigenvalue weighted by atomic mass is 9.91. The van der Waals surface area contributed by atoms with Crippen LogP contribution in [-0.2, 0) is 12.7 Å². The molecule has 2 heterocycles. The van der Waals surface area contributed by atoms with E-state index < -0.39 is 17.8 Å². The van der Waals surface area contributed by atoms with Crippen LogP contribution in [0.5, 0.6) is 0 Å². The molecule has 0 spiro atoms. The van der Waals surface area contributed by atoms with E-state index in [2.05, 4.69) is 9.97 Å². The molecule has 33 heavy (non-hydrogen) atoms. The number of hydrogen-bond donors (Lipinski definition) is 2. The molecule has 2 aromatic heterocycles. The summed E-state index contributed by atoms with van der Waals surface area (Å²) >= 11 is 0. The first-order valence-corrected chi connectivity index (χ1v) is 10.8. The zero-order valence-electron chi connectivity index (χ0n) is 18.1. The Morgan fingerprint density at radius 2 is 2.00 bits per heavy atom. The number of aliphatic hydroxyl groups is 1. The molecule has 3 aromatic rings. The normalized spacial score (nSPS) is 18.9. The Labute approximate surface area is 189 Å². The summed E-state index contributed by atoms with van der Waals surface area (Å²) in [6.45, 7) is 1.88. The van der Waals surface area contributed by atoms with Crippen molar-refractivity contribution in [1.82, 2.24) is 14.9 Å². The largest absolute Gasteiger partial charge is 0.417 e. The van der Waals surface area contributed by atoms with E-state index in [0.717, 1.165) is 29.6 Å². The standard InChI is InChI=1S/C24H25F3N4O2/c1-14-9-16-10-15(5-8-21(16)30-22(14)28)23(33)31(19-3-2-4-20(32)11-19)13-18-7-6-17(12-29-18)24(25,26)27/h5-10,12,19-20,32H,2-4,11,13H2,1H3,(H2,28,30)/t19-,20-/m1/s1. The van der Waals surface area contributed by atoms with Crippen LogP contribution in [0, 0.1) is 6.92 Å². The number of benzene rings is 1. The van der Waals surface area contributed by atoms with Gasteiger partial charge in [0.05, 0.1) is 29.4 Å². The summed E-state index contributed by atoms with van der Waals surface area (Å²) in [5.74, 6) is 0.153. The van der Waals surface area contributed by atoms with Crippen molar-refractivity contribution in [2.45, 2.75) is 57.5 Å². The van der Waals surface area contributed by atoms with Gasteiger partial charge in [0.15, 0.2) is 0 Å². The molecule has 1 aliphatic rings. The maximum absolute atomic E-state index is 13.6. The molecule has 1 fully saturated rings. The van der Waals surface area contributed by atoms with Crippen LogP contribution >= 0.6 is 0 Å². The highest BCUT2D eigenvalue weighted by Crippen LogP contribution is 2.30. The van der Waals surface area contributed by atoms with Crippen LogP contribution in [0.2, 0.25) is 0 Å². The van der Waals surface area contributed by atoms with Gasteiger partial charge in [0.2, 0.25) is 0 Å². The number of alkyl halides is 3. The number of fused-ring (bicyclic) bond motifs is 1. The van der Waals surface area contributed by atoms with E-state index in [1.54, 1.807) is 23.1 Å². The predicted octanol–water partition coefficient (Wildman–Crippen LogP) is 4.49. The molecular formula is C24H25F3N4O2. The number of rotatable bonds is 4. The highest BCUT2D eigenvalue weighted by atomic mass is 19.4. The number of anilines is 1. The fraction of sp³-hybridized carbons (Fsp3) is 0.375. The number of carbonyl (C=O) groups excluding carboxylic acids is 1. The molecule has 1 aromatic carbocycles. The Morgan fingerprint density at radius 1 is 1.21 bits per heavy atom. The summed E-state index contributed by atoms with van der Waals surface area (Å²) in [4.78, 5) is 23.5. The van der Waals surface area contributed by atoms with Crippen LogP contribution in [0.4, 0.5) is 19.0 Å². The molecule has 0 saturated heterocycles. The number of nitrogens with zero attached hydrogens (tertiary/aromatic N) is 3. The van der Waals surface area contributed by atoms with Crippen molar-refractivity contribution in [2.24, 2.45) is 0 Å². The minimum Gasteiger partial charge on any atom is -0.393 e. The third kappa shape index (κ3) is 5.08. The number of pyridine rings is 2. The Hall–Kier alpha value is -3.20. The lowest BCUT2D eigenvalue weighted by Gasteiger charge is -2.36. The summed E-state index contributed by atoms with van der Waals surface area (Å²) in [7, 11) is 0. The Balaban J connectivity index is 1.66. The lowest BCUT2D eigenvalue weighted by molar-refractivity contribution is -0.137. The molecule has 2 atom stereocenters. The average Bonchev–Trinajstić information content (AvgIpc) is 2.77. The van der Waals surface area contributed by atoms with Crippen molar-refractivity contribution in [3.63, 3.8) is 0 Å². The van der Waals surface area contributed by atoms with Crippen molar-refractivity contribution in [3.8, 4) is 0 Å². The molecular weight excluding hydrogens is 433 g/mol. The fourth-order valence-corrected chi connectivity index (χ4v) is 4.24. The maximum atomic E-state index is 13.6. The second-order valence-corrected chi connectivity index (χ2v) is 8.54. The molecule has 0 unspecified atom stereocenters.